The van der Waals surface area contributed by atoms with Crippen LogP contribution >= 0.6 is 0 Å². The summed E-state index contributed by atoms with van der Waals surface area (Å²) in [4.78, 5) is 0. The number of rotatable bonds is 6. The van der Waals surface area contributed by atoms with Crippen LogP contribution in [0.4, 0.5) is 11.4 Å². The molecule has 51 heavy (non-hydrogen) atoms. The van der Waals surface area contributed by atoms with Gasteiger partial charge in [-0.3, -0.25) is 0 Å². The zero-order chi connectivity index (χ0) is 33.7. The van der Waals surface area contributed by atoms with Crippen LogP contribution in [0.25, 0.3) is 77.3 Å². The summed E-state index contributed by atoms with van der Waals surface area (Å²) in [6, 6.07) is 56.5. The lowest BCUT2D eigenvalue weighted by molar-refractivity contribution is 0.669. The molecule has 9 aromatic rings. The number of hydrogen-bond donors (Lipinski definition) is 1. The molecule has 0 radical (unpaired) electrons. The van der Waals surface area contributed by atoms with Gasteiger partial charge >= 0.3 is 0 Å². The number of benzene rings is 7. The molecule has 0 bridgehead atoms. The lowest BCUT2D eigenvalue weighted by Crippen LogP contribution is -1.98. The van der Waals surface area contributed by atoms with Crippen molar-refractivity contribution in [2.24, 2.45) is 0 Å². The first-order valence-corrected chi connectivity index (χ1v) is 17.7. The third kappa shape index (κ3) is 5.05. The molecule has 0 fully saturated rings. The maximum atomic E-state index is 6.22. The molecule has 1 N–H and O–H groups in total. The van der Waals surface area contributed by atoms with E-state index in [1.54, 1.807) is 0 Å². The van der Waals surface area contributed by atoms with Crippen molar-refractivity contribution < 1.29 is 4.42 Å². The van der Waals surface area contributed by atoms with Crippen molar-refractivity contribution in [2.75, 3.05) is 5.32 Å². The molecule has 0 saturated heterocycles. The van der Waals surface area contributed by atoms with Crippen molar-refractivity contribution in [3.63, 3.8) is 0 Å². The molecule has 0 saturated carbocycles. The Bertz CT molecular complexity index is 2830. The first kappa shape index (κ1) is 29.3. The molecule has 2 aromatic heterocycles. The molecule has 0 amide bonds. The van der Waals surface area contributed by atoms with Gasteiger partial charge in [0.15, 0.2) is 0 Å². The van der Waals surface area contributed by atoms with Crippen LogP contribution < -0.4 is 5.32 Å². The summed E-state index contributed by atoms with van der Waals surface area (Å²) >= 11 is 0. The Kier molecular flexibility index (Phi) is 6.95. The van der Waals surface area contributed by atoms with Gasteiger partial charge in [-0.25, -0.2) is 0 Å². The molecule has 3 nitrogen and oxygen atoms in total. The van der Waals surface area contributed by atoms with E-state index < -0.39 is 0 Å². The SMILES string of the molecule is C1=CCCC(c2ccc(-c3ccc4c(c3)c3ccccc3n4-c3ccccc3)cc2Nc2cccc(-c3cccc4oc5ccccc5c34)c2)=C1. The van der Waals surface area contributed by atoms with Crippen LogP contribution in [0.2, 0.25) is 0 Å². The molecular formula is C48H34N2O. The molecule has 1 aliphatic rings. The van der Waals surface area contributed by atoms with Crippen molar-refractivity contribution in [1.29, 1.82) is 0 Å². The third-order valence-corrected chi connectivity index (χ3v) is 10.3. The second-order valence-corrected chi connectivity index (χ2v) is 13.3. The molecule has 7 aromatic carbocycles. The Labute approximate surface area is 296 Å². The Morgan fingerprint density at radius 3 is 2.20 bits per heavy atom. The molecule has 0 unspecified atom stereocenters. The Balaban J connectivity index is 1.09. The lowest BCUT2D eigenvalue weighted by atomic mass is 9.93. The number of fused-ring (bicyclic) bond motifs is 6. The van der Waals surface area contributed by atoms with Gasteiger partial charge in [-0.2, -0.15) is 0 Å². The molecule has 10 rings (SSSR count). The molecule has 0 atom stereocenters. The third-order valence-electron chi connectivity index (χ3n) is 10.3. The quantitative estimate of drug-likeness (QED) is 0.193. The molecule has 0 spiro atoms. The first-order valence-electron chi connectivity index (χ1n) is 17.7. The van der Waals surface area contributed by atoms with Crippen molar-refractivity contribution in [1.82, 2.24) is 4.57 Å². The minimum Gasteiger partial charge on any atom is -0.456 e. The van der Waals surface area contributed by atoms with Gasteiger partial charge in [0.1, 0.15) is 11.2 Å². The van der Waals surface area contributed by atoms with Crippen LogP contribution in [-0.4, -0.2) is 4.57 Å². The molecule has 0 aliphatic heterocycles. The van der Waals surface area contributed by atoms with E-state index in [4.69, 9.17) is 4.42 Å². The predicted molar refractivity (Wildman–Crippen MR) is 215 cm³/mol. The van der Waals surface area contributed by atoms with Gasteiger partial charge in [-0.1, -0.05) is 115 Å². The highest BCUT2D eigenvalue weighted by molar-refractivity contribution is 6.13. The second-order valence-electron chi connectivity index (χ2n) is 13.3. The van der Waals surface area contributed by atoms with Crippen LogP contribution in [0.1, 0.15) is 18.4 Å². The van der Waals surface area contributed by atoms with Gasteiger partial charge in [0.25, 0.3) is 0 Å². The van der Waals surface area contributed by atoms with Crippen molar-refractivity contribution in [3.05, 3.63) is 182 Å². The van der Waals surface area contributed by atoms with E-state index in [2.05, 4.69) is 174 Å². The standard InChI is InChI=1S/C48H34N2O/c1-3-13-32(14-4-1)38-27-25-34(33-26-28-45-42(30-33)40-19-7-9-22-44(40)50(45)37-17-5-2-6-18-37)31-43(38)49-36-16-11-15-35(29-36)39-21-12-24-47-48(39)41-20-8-10-23-46(41)51-47/h1-3,5-13,15-31,49H,4,14H2. The van der Waals surface area contributed by atoms with Crippen LogP contribution in [-0.2, 0) is 0 Å². The first-order chi connectivity index (χ1) is 25.3. The fourth-order valence-electron chi connectivity index (χ4n) is 7.88. The van der Waals surface area contributed by atoms with Crippen LogP contribution in [0.5, 0.6) is 0 Å². The average Bonchev–Trinajstić information content (AvgIpc) is 3.74. The summed E-state index contributed by atoms with van der Waals surface area (Å²) in [6.07, 6.45) is 8.76. The highest BCUT2D eigenvalue weighted by Gasteiger charge is 2.17. The minimum atomic E-state index is 0.906. The van der Waals surface area contributed by atoms with Gasteiger partial charge < -0.3 is 14.3 Å². The second kappa shape index (κ2) is 12.1. The van der Waals surface area contributed by atoms with Crippen LogP contribution in [0, 0.1) is 0 Å². The summed E-state index contributed by atoms with van der Waals surface area (Å²) < 4.78 is 8.59. The van der Waals surface area contributed by atoms with E-state index in [1.807, 2.05) is 12.1 Å². The number of allylic oxidation sites excluding steroid dienone is 4. The van der Waals surface area contributed by atoms with Crippen LogP contribution in [0.15, 0.2) is 180 Å². The van der Waals surface area contributed by atoms with Crippen molar-refractivity contribution >= 4 is 60.7 Å². The fraction of sp³-hybridized carbons (Fsp3) is 0.0417. The zero-order valence-electron chi connectivity index (χ0n) is 28.0. The van der Waals surface area contributed by atoms with E-state index in [0.717, 1.165) is 57.3 Å². The predicted octanol–water partition coefficient (Wildman–Crippen LogP) is 13.5. The van der Waals surface area contributed by atoms with E-state index in [9.17, 15) is 0 Å². The molecule has 242 valence electrons. The number of nitrogens with zero attached hydrogens (tertiary/aromatic N) is 1. The van der Waals surface area contributed by atoms with Crippen LogP contribution in [0.3, 0.4) is 0 Å². The molecule has 2 heterocycles. The number of para-hydroxylation sites is 3. The average molecular weight is 655 g/mol. The van der Waals surface area contributed by atoms with E-state index in [0.29, 0.717) is 0 Å². The van der Waals surface area contributed by atoms with Crippen molar-refractivity contribution in [2.45, 2.75) is 12.8 Å². The number of furan rings is 1. The summed E-state index contributed by atoms with van der Waals surface area (Å²) in [6.45, 7) is 0. The summed E-state index contributed by atoms with van der Waals surface area (Å²) in [5, 5.41) is 8.66. The minimum absolute atomic E-state index is 0.906. The van der Waals surface area contributed by atoms with E-state index in [1.165, 1.54) is 49.8 Å². The van der Waals surface area contributed by atoms with Crippen molar-refractivity contribution in [3.8, 4) is 27.9 Å². The van der Waals surface area contributed by atoms with E-state index >= 15 is 0 Å². The van der Waals surface area contributed by atoms with Gasteiger partial charge in [0.05, 0.1) is 11.0 Å². The topological polar surface area (TPSA) is 30.1 Å². The van der Waals surface area contributed by atoms with Gasteiger partial charge in [0.2, 0.25) is 0 Å². The number of anilines is 2. The monoisotopic (exact) mass is 654 g/mol. The highest BCUT2D eigenvalue weighted by Crippen LogP contribution is 2.40. The maximum Gasteiger partial charge on any atom is 0.136 e. The van der Waals surface area contributed by atoms with Gasteiger partial charge in [0, 0.05) is 44.2 Å². The largest absolute Gasteiger partial charge is 0.456 e. The molecular weight excluding hydrogens is 621 g/mol. The summed E-state index contributed by atoms with van der Waals surface area (Å²) in [5.74, 6) is 0. The Morgan fingerprint density at radius 2 is 1.29 bits per heavy atom. The zero-order valence-corrected chi connectivity index (χ0v) is 28.0. The van der Waals surface area contributed by atoms with Gasteiger partial charge in [-0.05, 0) is 101 Å². The highest BCUT2D eigenvalue weighted by atomic mass is 16.3. The normalized spacial score (nSPS) is 13.0. The summed E-state index contributed by atoms with van der Waals surface area (Å²) in [7, 11) is 0. The van der Waals surface area contributed by atoms with Gasteiger partial charge in [-0.15, -0.1) is 0 Å². The Morgan fingerprint density at radius 1 is 0.529 bits per heavy atom. The maximum absolute atomic E-state index is 6.22. The number of nitrogens with one attached hydrogen (secondary N) is 1. The fourth-order valence-corrected chi connectivity index (χ4v) is 7.88. The molecule has 1 aliphatic carbocycles. The Hall–Kier alpha value is -6.58. The smallest absolute Gasteiger partial charge is 0.136 e. The molecule has 3 heteroatoms. The van der Waals surface area contributed by atoms with E-state index in [-0.39, 0.29) is 0 Å². The summed E-state index contributed by atoms with van der Waals surface area (Å²) in [5.41, 5.74) is 14.8. The number of aromatic nitrogens is 1. The lowest BCUT2D eigenvalue weighted by Gasteiger charge is -2.18. The number of hydrogen-bond acceptors (Lipinski definition) is 2.